The monoisotopic (exact) mass is 380 g/mol. The first-order valence-corrected chi connectivity index (χ1v) is 8.95. The van der Waals surface area contributed by atoms with E-state index < -0.39 is 12.5 Å². The number of aryl methyl sites for hydroxylation is 1. The van der Waals surface area contributed by atoms with E-state index in [2.05, 4.69) is 21.1 Å². The van der Waals surface area contributed by atoms with E-state index in [1.165, 1.54) is 4.57 Å². The highest BCUT2D eigenvalue weighted by molar-refractivity contribution is 6.02. The second kappa shape index (κ2) is 6.68. The van der Waals surface area contributed by atoms with Crippen molar-refractivity contribution in [3.63, 3.8) is 0 Å². The molecule has 0 fully saturated rings. The molecule has 0 radical (unpaired) electrons. The number of nitrogens with zero attached hydrogens (tertiary/aromatic N) is 6. The number of hydrogen-bond acceptors (Lipinski definition) is 4. The van der Waals surface area contributed by atoms with Crippen LogP contribution in [0, 0.1) is 11.3 Å². The molecule has 6 nitrogen and oxygen atoms in total. The van der Waals surface area contributed by atoms with Gasteiger partial charge in [-0.2, -0.15) is 10.4 Å². The molecule has 1 aromatic carbocycles. The molecule has 4 aromatic rings. The summed E-state index contributed by atoms with van der Waals surface area (Å²) in [6.45, 7) is 2.66. The van der Waals surface area contributed by atoms with E-state index >= 15 is 0 Å². The summed E-state index contributed by atoms with van der Waals surface area (Å²) in [7, 11) is 0. The van der Waals surface area contributed by atoms with Crippen LogP contribution in [0.15, 0.2) is 36.8 Å². The molecule has 0 aliphatic carbocycles. The predicted octanol–water partition coefficient (Wildman–Crippen LogP) is 3.92. The van der Waals surface area contributed by atoms with Crippen LogP contribution in [0.4, 0.5) is 8.78 Å². The van der Waals surface area contributed by atoms with Gasteiger partial charge in [0.25, 0.3) is 5.92 Å². The Balaban J connectivity index is 1.94. The molecule has 0 aliphatic heterocycles. The fourth-order valence-electron chi connectivity index (χ4n) is 3.32. The maximum Gasteiger partial charge on any atom is 0.262 e. The van der Waals surface area contributed by atoms with Crippen LogP contribution in [0.1, 0.15) is 30.8 Å². The molecule has 28 heavy (non-hydrogen) atoms. The summed E-state index contributed by atoms with van der Waals surface area (Å²) < 4.78 is 31.2. The van der Waals surface area contributed by atoms with Gasteiger partial charge >= 0.3 is 0 Å². The average Bonchev–Trinajstić information content (AvgIpc) is 3.25. The van der Waals surface area contributed by atoms with Gasteiger partial charge in [-0.3, -0.25) is 9.67 Å². The highest BCUT2D eigenvalue weighted by atomic mass is 19.3. The van der Waals surface area contributed by atoms with Crippen molar-refractivity contribution in [3.8, 4) is 6.07 Å². The molecule has 142 valence electrons. The van der Waals surface area contributed by atoms with Crippen LogP contribution in [0.25, 0.3) is 21.9 Å². The minimum absolute atomic E-state index is 0.268. The van der Waals surface area contributed by atoms with Crippen LogP contribution in [0.5, 0.6) is 0 Å². The maximum absolute atomic E-state index is 14.0. The second-order valence-electron chi connectivity index (χ2n) is 6.92. The van der Waals surface area contributed by atoms with Crippen molar-refractivity contribution in [1.29, 1.82) is 5.26 Å². The number of rotatable bonds is 5. The molecule has 0 bridgehead atoms. The molecule has 0 aliphatic rings. The molecule has 0 amide bonds. The minimum Gasteiger partial charge on any atom is -0.320 e. The van der Waals surface area contributed by atoms with Crippen LogP contribution >= 0.6 is 0 Å². The minimum atomic E-state index is -2.93. The first-order chi connectivity index (χ1) is 13.4. The lowest BCUT2D eigenvalue weighted by atomic mass is 10.1. The van der Waals surface area contributed by atoms with E-state index in [0.29, 0.717) is 33.3 Å². The summed E-state index contributed by atoms with van der Waals surface area (Å²) in [5.74, 6) is -2.46. The summed E-state index contributed by atoms with van der Waals surface area (Å²) >= 11 is 0. The molecule has 4 rings (SSSR count). The first-order valence-electron chi connectivity index (χ1n) is 8.95. The number of pyridine rings is 1. The first kappa shape index (κ1) is 18.0. The molecular formula is C20H18F2N6. The van der Waals surface area contributed by atoms with Gasteiger partial charge in [-0.25, -0.2) is 13.8 Å². The van der Waals surface area contributed by atoms with Crippen molar-refractivity contribution in [2.75, 3.05) is 0 Å². The average molecular weight is 380 g/mol. The predicted molar refractivity (Wildman–Crippen MR) is 101 cm³/mol. The number of aromatic nitrogens is 5. The van der Waals surface area contributed by atoms with Crippen LogP contribution in [-0.2, 0) is 19.5 Å². The van der Waals surface area contributed by atoms with Gasteiger partial charge in [0, 0.05) is 18.5 Å². The summed E-state index contributed by atoms with van der Waals surface area (Å²) in [6, 6.07) is 7.14. The van der Waals surface area contributed by atoms with Crippen molar-refractivity contribution >= 4 is 21.9 Å². The zero-order chi connectivity index (χ0) is 19.9. The Morgan fingerprint density at radius 2 is 2.04 bits per heavy atom. The number of nitriles is 1. The lowest BCUT2D eigenvalue weighted by Gasteiger charge is -2.15. The van der Waals surface area contributed by atoms with Crippen molar-refractivity contribution in [3.05, 3.63) is 53.7 Å². The Labute approximate surface area is 160 Å². The third-order valence-electron chi connectivity index (χ3n) is 4.61. The third kappa shape index (κ3) is 3.31. The number of alkyl halides is 2. The Hall–Kier alpha value is -3.34. The number of fused-ring (bicyclic) bond motifs is 3. The molecule has 0 saturated heterocycles. The zero-order valence-electron chi connectivity index (χ0n) is 15.5. The molecule has 0 atom stereocenters. The quantitative estimate of drug-likeness (QED) is 0.526. The van der Waals surface area contributed by atoms with Crippen molar-refractivity contribution in [1.82, 2.24) is 24.3 Å². The molecule has 0 N–H and O–H groups in total. The standard InChI is InChI=1S/C20H18F2N6/c1-3-13-8-25-27(10-13)11-18-26-17-9-24-16-5-4-14(7-23)6-15(16)19(17)28(18)12-20(2,21)22/h4-6,8-10H,3,11-12H2,1-2H3. The Morgan fingerprint density at radius 3 is 2.71 bits per heavy atom. The van der Waals surface area contributed by atoms with Crippen molar-refractivity contribution in [2.45, 2.75) is 39.3 Å². The fourth-order valence-corrected chi connectivity index (χ4v) is 3.32. The molecule has 0 saturated carbocycles. The molecule has 0 spiro atoms. The van der Waals surface area contributed by atoms with Gasteiger partial charge in [0.1, 0.15) is 11.3 Å². The highest BCUT2D eigenvalue weighted by Gasteiger charge is 2.26. The van der Waals surface area contributed by atoms with Crippen molar-refractivity contribution < 1.29 is 8.78 Å². The molecule has 0 unspecified atom stereocenters. The SMILES string of the molecule is CCc1cnn(Cc2nc3cnc4ccc(C#N)cc4c3n2CC(C)(F)F)c1. The van der Waals surface area contributed by atoms with E-state index in [1.807, 2.05) is 13.1 Å². The van der Waals surface area contributed by atoms with Gasteiger partial charge in [-0.15, -0.1) is 0 Å². The van der Waals surface area contributed by atoms with Crippen LogP contribution in [0.2, 0.25) is 0 Å². The third-order valence-corrected chi connectivity index (χ3v) is 4.61. The van der Waals surface area contributed by atoms with E-state index in [4.69, 9.17) is 0 Å². The van der Waals surface area contributed by atoms with Crippen LogP contribution in [-0.4, -0.2) is 30.2 Å². The van der Waals surface area contributed by atoms with E-state index in [0.717, 1.165) is 18.9 Å². The molecule has 8 heteroatoms. The van der Waals surface area contributed by atoms with E-state index in [-0.39, 0.29) is 6.54 Å². The van der Waals surface area contributed by atoms with Crippen molar-refractivity contribution in [2.24, 2.45) is 0 Å². The van der Waals surface area contributed by atoms with Gasteiger partial charge in [0.2, 0.25) is 0 Å². The Kier molecular flexibility index (Phi) is 4.30. The maximum atomic E-state index is 14.0. The molecular weight excluding hydrogens is 362 g/mol. The van der Waals surface area contributed by atoms with Gasteiger partial charge < -0.3 is 4.57 Å². The number of imidazole rings is 1. The van der Waals surface area contributed by atoms with Gasteiger partial charge in [0.15, 0.2) is 0 Å². The molecule has 3 heterocycles. The smallest absolute Gasteiger partial charge is 0.262 e. The lowest BCUT2D eigenvalue weighted by Crippen LogP contribution is -2.22. The van der Waals surface area contributed by atoms with E-state index in [9.17, 15) is 14.0 Å². The van der Waals surface area contributed by atoms with E-state index in [1.54, 1.807) is 35.3 Å². The van der Waals surface area contributed by atoms with Gasteiger partial charge in [-0.1, -0.05) is 6.92 Å². The number of halogens is 2. The number of hydrogen-bond donors (Lipinski definition) is 0. The van der Waals surface area contributed by atoms with Gasteiger partial charge in [0.05, 0.1) is 48.1 Å². The van der Waals surface area contributed by atoms with Crippen LogP contribution < -0.4 is 0 Å². The largest absolute Gasteiger partial charge is 0.320 e. The normalized spacial score (nSPS) is 12.0. The zero-order valence-corrected chi connectivity index (χ0v) is 15.5. The highest BCUT2D eigenvalue weighted by Crippen LogP contribution is 2.28. The number of benzene rings is 1. The lowest BCUT2D eigenvalue weighted by molar-refractivity contribution is 0.00419. The fraction of sp³-hybridized carbons (Fsp3) is 0.300. The summed E-state index contributed by atoms with van der Waals surface area (Å²) in [4.78, 5) is 8.92. The van der Waals surface area contributed by atoms with Gasteiger partial charge in [-0.05, 0) is 30.2 Å². The summed E-state index contributed by atoms with van der Waals surface area (Å²) in [6.07, 6.45) is 6.07. The topological polar surface area (TPSA) is 72.3 Å². The Bertz CT molecular complexity index is 1210. The molecule has 3 aromatic heterocycles. The van der Waals surface area contributed by atoms with Crippen LogP contribution in [0.3, 0.4) is 0 Å². The summed E-state index contributed by atoms with van der Waals surface area (Å²) in [5.41, 5.74) is 3.21. The summed E-state index contributed by atoms with van der Waals surface area (Å²) in [5, 5.41) is 14.2. The second-order valence-corrected chi connectivity index (χ2v) is 6.92. The Morgan fingerprint density at radius 1 is 1.21 bits per heavy atom.